The second-order valence-electron chi connectivity index (χ2n) is 10.5. The van der Waals surface area contributed by atoms with E-state index in [-0.39, 0.29) is 29.1 Å². The van der Waals surface area contributed by atoms with E-state index in [9.17, 15) is 19.1 Å². The van der Waals surface area contributed by atoms with Crippen LogP contribution in [0.5, 0.6) is 0 Å². The molecule has 0 bridgehead atoms. The number of carbonyl (C=O) groups is 2. The van der Waals surface area contributed by atoms with Gasteiger partial charge in [0.15, 0.2) is 11.5 Å². The van der Waals surface area contributed by atoms with E-state index >= 15 is 0 Å². The Morgan fingerprint density at radius 1 is 1.03 bits per heavy atom. The number of carbonyl (C=O) groups excluding carboxylic acids is 2. The number of amides is 1. The van der Waals surface area contributed by atoms with E-state index in [1.165, 1.54) is 17.0 Å². The van der Waals surface area contributed by atoms with Crippen LogP contribution < -0.4 is 0 Å². The van der Waals surface area contributed by atoms with Crippen LogP contribution in [-0.4, -0.2) is 28.2 Å². The van der Waals surface area contributed by atoms with Crippen LogP contribution >= 0.6 is 11.6 Å². The number of rotatable bonds is 6. The van der Waals surface area contributed by atoms with Crippen molar-refractivity contribution >= 4 is 34.3 Å². The van der Waals surface area contributed by atoms with Crippen molar-refractivity contribution in [3.8, 4) is 0 Å². The summed E-state index contributed by atoms with van der Waals surface area (Å²) in [4.78, 5) is 28.6. The van der Waals surface area contributed by atoms with Crippen molar-refractivity contribution in [1.82, 2.24) is 4.90 Å². The molecule has 1 aliphatic heterocycles. The topological polar surface area (TPSA) is 70.7 Å². The molecular formula is C31H27ClFNO4. The van der Waals surface area contributed by atoms with Gasteiger partial charge in [-0.15, -0.1) is 0 Å². The molecule has 0 fully saturated rings. The summed E-state index contributed by atoms with van der Waals surface area (Å²) >= 11 is 6.09. The average molecular weight is 532 g/mol. The fourth-order valence-electron chi connectivity index (χ4n) is 4.79. The minimum absolute atomic E-state index is 0.00770. The molecule has 194 valence electrons. The first kappa shape index (κ1) is 25.7. The van der Waals surface area contributed by atoms with Crippen molar-refractivity contribution in [3.05, 3.63) is 117 Å². The fourth-order valence-corrected chi connectivity index (χ4v) is 4.97. The van der Waals surface area contributed by atoms with Gasteiger partial charge < -0.3 is 14.4 Å². The Labute approximate surface area is 225 Å². The minimum atomic E-state index is -0.818. The van der Waals surface area contributed by atoms with Crippen LogP contribution in [0.3, 0.4) is 0 Å². The van der Waals surface area contributed by atoms with Crippen LogP contribution in [0.25, 0.3) is 11.0 Å². The number of furan rings is 1. The summed E-state index contributed by atoms with van der Waals surface area (Å²) in [5, 5.41) is 12.1. The lowest BCUT2D eigenvalue weighted by atomic mass is 9.85. The van der Waals surface area contributed by atoms with Gasteiger partial charge in [-0.25, -0.2) is 4.39 Å². The zero-order valence-corrected chi connectivity index (χ0v) is 22.1. The van der Waals surface area contributed by atoms with Crippen LogP contribution in [0.1, 0.15) is 54.1 Å². The second kappa shape index (κ2) is 9.76. The van der Waals surface area contributed by atoms with Gasteiger partial charge in [0.25, 0.3) is 5.91 Å². The molecule has 5 nitrogen and oxygen atoms in total. The first-order valence-electron chi connectivity index (χ1n) is 12.4. The summed E-state index contributed by atoms with van der Waals surface area (Å²) in [7, 11) is 0. The van der Waals surface area contributed by atoms with Gasteiger partial charge in [-0.05, 0) is 64.9 Å². The zero-order valence-electron chi connectivity index (χ0n) is 21.3. The molecule has 2 heterocycles. The minimum Gasteiger partial charge on any atom is -0.503 e. The highest BCUT2D eigenvalue weighted by molar-refractivity contribution is 6.31. The summed E-state index contributed by atoms with van der Waals surface area (Å²) in [5.74, 6) is -2.15. The third kappa shape index (κ3) is 4.84. The zero-order chi connectivity index (χ0) is 27.2. The van der Waals surface area contributed by atoms with Crippen molar-refractivity contribution in [1.29, 1.82) is 0 Å². The van der Waals surface area contributed by atoms with E-state index in [1.54, 1.807) is 36.4 Å². The molecule has 4 aromatic rings. The van der Waals surface area contributed by atoms with Crippen LogP contribution in [0.4, 0.5) is 4.39 Å². The molecule has 0 spiro atoms. The van der Waals surface area contributed by atoms with Crippen molar-refractivity contribution in [2.45, 2.75) is 38.6 Å². The Bertz CT molecular complexity index is 1560. The highest BCUT2D eigenvalue weighted by Crippen LogP contribution is 2.40. The molecule has 38 heavy (non-hydrogen) atoms. The Hall–Kier alpha value is -3.90. The van der Waals surface area contributed by atoms with Crippen molar-refractivity contribution in [2.75, 3.05) is 6.54 Å². The van der Waals surface area contributed by atoms with Crippen LogP contribution in [0.15, 0.2) is 88.5 Å². The van der Waals surface area contributed by atoms with Gasteiger partial charge in [-0.2, -0.15) is 0 Å². The molecule has 0 saturated heterocycles. The Morgan fingerprint density at radius 3 is 2.37 bits per heavy atom. The lowest BCUT2D eigenvalue weighted by Crippen LogP contribution is -2.33. The molecule has 7 heteroatoms. The second-order valence-corrected chi connectivity index (χ2v) is 11.0. The number of hydrogen-bond acceptors (Lipinski definition) is 4. The summed E-state index contributed by atoms with van der Waals surface area (Å²) in [5.41, 5.74) is 2.97. The molecule has 1 aliphatic rings. The number of fused-ring (bicyclic) bond motifs is 1. The lowest BCUT2D eigenvalue weighted by Gasteiger charge is -2.27. The highest BCUT2D eigenvalue weighted by Gasteiger charge is 2.44. The van der Waals surface area contributed by atoms with Crippen molar-refractivity contribution in [2.24, 2.45) is 0 Å². The van der Waals surface area contributed by atoms with E-state index < -0.39 is 23.5 Å². The monoisotopic (exact) mass is 531 g/mol. The highest BCUT2D eigenvalue weighted by atomic mass is 35.5. The molecule has 0 aliphatic carbocycles. The van der Waals surface area contributed by atoms with Gasteiger partial charge in [0.2, 0.25) is 5.78 Å². The predicted molar refractivity (Wildman–Crippen MR) is 145 cm³/mol. The lowest BCUT2D eigenvalue weighted by molar-refractivity contribution is -0.129. The molecule has 3 aromatic carbocycles. The number of nitrogens with zero attached hydrogens (tertiary/aromatic N) is 1. The first-order chi connectivity index (χ1) is 18.0. The maximum Gasteiger partial charge on any atom is 0.290 e. The standard InChI is InChI=1S/C31H27ClFNO4/c1-31(2,3)21-8-6-19(7-9-21)27-26(28(35)25-17-20-16-22(32)10-13-24(20)38-25)29(36)30(37)34(27)15-14-18-4-11-23(33)12-5-18/h4-13,16-17,27,36H,14-15H2,1-3H3. The van der Waals surface area contributed by atoms with Gasteiger partial charge in [0, 0.05) is 17.0 Å². The van der Waals surface area contributed by atoms with Crippen LogP contribution in [-0.2, 0) is 16.6 Å². The van der Waals surface area contributed by atoms with Gasteiger partial charge in [0.05, 0.1) is 11.6 Å². The Morgan fingerprint density at radius 2 is 1.71 bits per heavy atom. The maximum atomic E-state index is 13.8. The van der Waals surface area contributed by atoms with E-state index in [2.05, 4.69) is 20.8 Å². The Balaban J connectivity index is 1.54. The SMILES string of the molecule is CC(C)(C)c1ccc(C2C(C(=O)c3cc4cc(Cl)ccc4o3)=C(O)C(=O)N2CCc2ccc(F)cc2)cc1. The molecule has 1 aromatic heterocycles. The smallest absolute Gasteiger partial charge is 0.290 e. The molecule has 0 radical (unpaired) electrons. The number of hydrogen-bond donors (Lipinski definition) is 1. The third-order valence-electron chi connectivity index (χ3n) is 6.90. The molecule has 1 unspecified atom stereocenters. The van der Waals surface area contributed by atoms with E-state index in [0.717, 1.165) is 11.1 Å². The number of Topliss-reactive ketones (excluding diaryl/α,β-unsaturated/α-hetero) is 1. The average Bonchev–Trinajstić information content (AvgIpc) is 3.41. The van der Waals surface area contributed by atoms with Gasteiger partial charge in [0.1, 0.15) is 11.4 Å². The number of halogens is 2. The van der Waals surface area contributed by atoms with E-state index in [4.69, 9.17) is 16.0 Å². The van der Waals surface area contributed by atoms with Crippen LogP contribution in [0, 0.1) is 5.82 Å². The first-order valence-corrected chi connectivity index (χ1v) is 12.7. The molecule has 1 N–H and O–H groups in total. The third-order valence-corrected chi connectivity index (χ3v) is 7.13. The number of aliphatic hydroxyl groups is 1. The van der Waals surface area contributed by atoms with Gasteiger partial charge >= 0.3 is 0 Å². The molecule has 0 saturated carbocycles. The maximum absolute atomic E-state index is 13.8. The van der Waals surface area contributed by atoms with E-state index in [1.807, 2.05) is 24.3 Å². The summed E-state index contributed by atoms with van der Waals surface area (Å²) in [6.45, 7) is 6.52. The van der Waals surface area contributed by atoms with Gasteiger partial charge in [-0.3, -0.25) is 9.59 Å². The number of aliphatic hydroxyl groups excluding tert-OH is 1. The number of benzene rings is 3. The normalized spacial score (nSPS) is 16.1. The summed E-state index contributed by atoms with van der Waals surface area (Å²) in [6.07, 6.45) is 0.417. The summed E-state index contributed by atoms with van der Waals surface area (Å²) < 4.78 is 19.2. The van der Waals surface area contributed by atoms with Crippen molar-refractivity contribution < 1.29 is 23.5 Å². The largest absolute Gasteiger partial charge is 0.503 e. The molecule has 5 rings (SSSR count). The summed E-state index contributed by atoms with van der Waals surface area (Å²) in [6, 6.07) is 19.5. The predicted octanol–water partition coefficient (Wildman–Crippen LogP) is 7.34. The van der Waals surface area contributed by atoms with Crippen molar-refractivity contribution in [3.63, 3.8) is 0 Å². The Kier molecular flexibility index (Phi) is 6.61. The van der Waals surface area contributed by atoms with E-state index in [0.29, 0.717) is 28.0 Å². The molecule has 1 atom stereocenters. The quantitative estimate of drug-likeness (QED) is 0.264. The number of ketones is 1. The van der Waals surface area contributed by atoms with Gasteiger partial charge in [-0.1, -0.05) is 68.8 Å². The fraction of sp³-hybridized carbons (Fsp3) is 0.226. The molecule has 1 amide bonds. The van der Waals surface area contributed by atoms with Crippen LogP contribution in [0.2, 0.25) is 5.02 Å². The molecular weight excluding hydrogens is 505 g/mol.